The molecule has 1 aliphatic heterocycles. The van der Waals surface area contributed by atoms with Crippen LogP contribution < -0.4 is 15.4 Å². The molecule has 1 aromatic rings. The maximum Gasteiger partial charge on any atom is 0.224 e. The predicted molar refractivity (Wildman–Crippen MR) is 82.5 cm³/mol. The quantitative estimate of drug-likeness (QED) is 0.842. The first-order chi connectivity index (χ1) is 9.31. The van der Waals surface area contributed by atoms with Crippen molar-refractivity contribution in [2.75, 3.05) is 26.2 Å². The first-order valence-corrected chi connectivity index (χ1v) is 7.00. The summed E-state index contributed by atoms with van der Waals surface area (Å²) in [5.41, 5.74) is 1.15. The Morgan fingerprint density at radius 1 is 1.45 bits per heavy atom. The Hall–Kier alpha value is -1.26. The maximum absolute atomic E-state index is 11.9. The van der Waals surface area contributed by atoms with Crippen LogP contribution in [0.2, 0.25) is 0 Å². The van der Waals surface area contributed by atoms with Crippen molar-refractivity contribution in [3.8, 4) is 5.75 Å². The Balaban J connectivity index is 0.00000200. The van der Waals surface area contributed by atoms with E-state index in [1.54, 1.807) is 0 Å². The molecule has 0 bridgehead atoms. The Kier molecular flexibility index (Phi) is 7.41. The minimum atomic E-state index is 0. The zero-order valence-electron chi connectivity index (χ0n) is 11.9. The molecule has 1 heterocycles. The number of amides is 1. The monoisotopic (exact) mass is 298 g/mol. The Labute approximate surface area is 126 Å². The van der Waals surface area contributed by atoms with E-state index in [1.807, 2.05) is 31.2 Å². The van der Waals surface area contributed by atoms with Crippen molar-refractivity contribution < 1.29 is 9.53 Å². The first kappa shape index (κ1) is 16.8. The van der Waals surface area contributed by atoms with Gasteiger partial charge in [0.1, 0.15) is 5.75 Å². The van der Waals surface area contributed by atoms with E-state index in [1.165, 1.54) is 0 Å². The van der Waals surface area contributed by atoms with Gasteiger partial charge in [-0.05, 0) is 37.9 Å². The third-order valence-corrected chi connectivity index (χ3v) is 3.40. The molecule has 0 saturated carbocycles. The standard InChI is InChI=1S/C15H22N2O2.ClH/c1-2-19-14-6-4-3-5-12(14)8-10-17-15(18)13-7-9-16-11-13;/h3-6,13,16H,2,7-11H2,1H3,(H,17,18);1H. The highest BCUT2D eigenvalue weighted by Gasteiger charge is 2.21. The van der Waals surface area contributed by atoms with Gasteiger partial charge < -0.3 is 15.4 Å². The van der Waals surface area contributed by atoms with E-state index >= 15 is 0 Å². The molecule has 1 saturated heterocycles. The van der Waals surface area contributed by atoms with Gasteiger partial charge in [0.05, 0.1) is 12.5 Å². The fourth-order valence-corrected chi connectivity index (χ4v) is 2.35. The number of nitrogens with one attached hydrogen (secondary N) is 2. The number of carbonyl (C=O) groups is 1. The van der Waals surface area contributed by atoms with E-state index in [0.29, 0.717) is 13.2 Å². The molecule has 1 amide bonds. The van der Waals surface area contributed by atoms with E-state index in [-0.39, 0.29) is 24.2 Å². The van der Waals surface area contributed by atoms with E-state index in [0.717, 1.165) is 37.2 Å². The highest BCUT2D eigenvalue weighted by atomic mass is 35.5. The second kappa shape index (κ2) is 8.82. The van der Waals surface area contributed by atoms with Crippen molar-refractivity contribution in [3.05, 3.63) is 29.8 Å². The maximum atomic E-state index is 11.9. The molecule has 2 rings (SSSR count). The lowest BCUT2D eigenvalue weighted by molar-refractivity contribution is -0.124. The summed E-state index contributed by atoms with van der Waals surface area (Å²) in [7, 11) is 0. The van der Waals surface area contributed by atoms with E-state index in [9.17, 15) is 4.79 Å². The highest BCUT2D eigenvalue weighted by Crippen LogP contribution is 2.18. The van der Waals surface area contributed by atoms with Gasteiger partial charge in [0, 0.05) is 13.1 Å². The van der Waals surface area contributed by atoms with Crippen molar-refractivity contribution >= 4 is 18.3 Å². The van der Waals surface area contributed by atoms with E-state index < -0.39 is 0 Å². The fraction of sp³-hybridized carbons (Fsp3) is 0.533. The lowest BCUT2D eigenvalue weighted by Crippen LogP contribution is -2.33. The SMILES string of the molecule is CCOc1ccccc1CCNC(=O)C1CCNC1.Cl. The highest BCUT2D eigenvalue weighted by molar-refractivity contribution is 5.85. The van der Waals surface area contributed by atoms with Crippen molar-refractivity contribution in [3.63, 3.8) is 0 Å². The summed E-state index contributed by atoms with van der Waals surface area (Å²) in [6.07, 6.45) is 1.75. The number of hydrogen-bond donors (Lipinski definition) is 2. The van der Waals surface area contributed by atoms with Gasteiger partial charge in [-0.1, -0.05) is 18.2 Å². The summed E-state index contributed by atoms with van der Waals surface area (Å²) in [6.45, 7) is 5.06. The smallest absolute Gasteiger partial charge is 0.224 e. The molecule has 0 aliphatic carbocycles. The van der Waals surface area contributed by atoms with Crippen molar-refractivity contribution in [2.45, 2.75) is 19.8 Å². The van der Waals surface area contributed by atoms with Gasteiger partial charge >= 0.3 is 0 Å². The molecule has 1 atom stereocenters. The predicted octanol–water partition coefficient (Wildman–Crippen LogP) is 1.78. The summed E-state index contributed by atoms with van der Waals surface area (Å²) in [4.78, 5) is 11.9. The van der Waals surface area contributed by atoms with Crippen LogP contribution in [0.1, 0.15) is 18.9 Å². The van der Waals surface area contributed by atoms with Crippen LogP contribution in [-0.4, -0.2) is 32.1 Å². The van der Waals surface area contributed by atoms with Crippen LogP contribution in [0.25, 0.3) is 0 Å². The molecule has 1 aromatic carbocycles. The normalized spacial score (nSPS) is 17.4. The van der Waals surface area contributed by atoms with Gasteiger partial charge in [-0.3, -0.25) is 4.79 Å². The number of rotatable bonds is 6. The summed E-state index contributed by atoms with van der Waals surface area (Å²) in [5, 5.41) is 6.21. The van der Waals surface area contributed by atoms with Crippen LogP contribution in [0.4, 0.5) is 0 Å². The zero-order chi connectivity index (χ0) is 13.5. The molecular formula is C15H23ClN2O2. The molecule has 0 spiro atoms. The van der Waals surface area contributed by atoms with Gasteiger partial charge in [0.25, 0.3) is 0 Å². The number of ether oxygens (including phenoxy) is 1. The minimum absolute atomic E-state index is 0. The van der Waals surface area contributed by atoms with Crippen LogP contribution in [0.15, 0.2) is 24.3 Å². The Morgan fingerprint density at radius 2 is 2.25 bits per heavy atom. The second-order valence-corrected chi connectivity index (χ2v) is 4.77. The van der Waals surface area contributed by atoms with Gasteiger partial charge in [-0.15, -0.1) is 12.4 Å². The molecule has 1 fully saturated rings. The summed E-state index contributed by atoms with van der Waals surface area (Å²) in [6, 6.07) is 7.99. The molecule has 112 valence electrons. The largest absolute Gasteiger partial charge is 0.494 e. The number of hydrogen-bond acceptors (Lipinski definition) is 3. The molecule has 0 aromatic heterocycles. The molecular weight excluding hydrogens is 276 g/mol. The lowest BCUT2D eigenvalue weighted by atomic mass is 10.1. The fourth-order valence-electron chi connectivity index (χ4n) is 2.35. The van der Waals surface area contributed by atoms with Crippen molar-refractivity contribution in [1.82, 2.24) is 10.6 Å². The third-order valence-electron chi connectivity index (χ3n) is 3.40. The van der Waals surface area contributed by atoms with E-state index in [4.69, 9.17) is 4.74 Å². The third kappa shape index (κ3) is 4.69. The average molecular weight is 299 g/mol. The minimum Gasteiger partial charge on any atom is -0.494 e. The number of halogens is 1. The Morgan fingerprint density at radius 3 is 2.95 bits per heavy atom. The topological polar surface area (TPSA) is 50.4 Å². The molecule has 2 N–H and O–H groups in total. The van der Waals surface area contributed by atoms with Crippen LogP contribution in [0.3, 0.4) is 0 Å². The van der Waals surface area contributed by atoms with Gasteiger partial charge in [-0.2, -0.15) is 0 Å². The van der Waals surface area contributed by atoms with Gasteiger partial charge in [-0.25, -0.2) is 0 Å². The summed E-state index contributed by atoms with van der Waals surface area (Å²) < 4.78 is 5.57. The summed E-state index contributed by atoms with van der Waals surface area (Å²) >= 11 is 0. The number of carbonyl (C=O) groups excluding carboxylic acids is 1. The molecule has 0 radical (unpaired) electrons. The zero-order valence-corrected chi connectivity index (χ0v) is 12.7. The molecule has 1 unspecified atom stereocenters. The van der Waals surface area contributed by atoms with Crippen LogP contribution >= 0.6 is 12.4 Å². The lowest BCUT2D eigenvalue weighted by Gasteiger charge is -2.12. The molecule has 20 heavy (non-hydrogen) atoms. The number of benzene rings is 1. The molecule has 5 heteroatoms. The molecule has 4 nitrogen and oxygen atoms in total. The van der Waals surface area contributed by atoms with Crippen LogP contribution in [0, 0.1) is 5.92 Å². The summed E-state index contributed by atoms with van der Waals surface area (Å²) in [5.74, 6) is 1.22. The van der Waals surface area contributed by atoms with Crippen LogP contribution in [-0.2, 0) is 11.2 Å². The number of para-hydroxylation sites is 1. The second-order valence-electron chi connectivity index (χ2n) is 4.77. The van der Waals surface area contributed by atoms with Crippen molar-refractivity contribution in [1.29, 1.82) is 0 Å². The average Bonchev–Trinajstić information content (AvgIpc) is 2.95. The van der Waals surface area contributed by atoms with Crippen LogP contribution in [0.5, 0.6) is 5.75 Å². The first-order valence-electron chi connectivity index (χ1n) is 7.00. The van der Waals surface area contributed by atoms with Crippen molar-refractivity contribution in [2.24, 2.45) is 5.92 Å². The van der Waals surface area contributed by atoms with Gasteiger partial charge in [0.15, 0.2) is 0 Å². The van der Waals surface area contributed by atoms with Gasteiger partial charge in [0.2, 0.25) is 5.91 Å². The molecule has 1 aliphatic rings. The van der Waals surface area contributed by atoms with E-state index in [2.05, 4.69) is 10.6 Å². The Bertz CT molecular complexity index is 420.